The molecule has 1 fully saturated rings. The molecule has 0 N–H and O–H groups in total. The van der Waals surface area contributed by atoms with E-state index in [9.17, 15) is 8.42 Å². The topological polar surface area (TPSA) is 73.6 Å². The first-order valence-corrected chi connectivity index (χ1v) is 6.10. The van der Waals surface area contributed by atoms with Crippen LogP contribution in [0.15, 0.2) is 0 Å². The molecule has 0 spiro atoms. The Balaban J connectivity index is 2.77. The Bertz CT molecular complexity index is 343. The van der Waals surface area contributed by atoms with Crippen molar-refractivity contribution in [1.29, 1.82) is 5.26 Å². The smallest absolute Gasteiger partial charge is 0.283 e. The molecule has 0 aliphatic carbocycles. The summed E-state index contributed by atoms with van der Waals surface area (Å²) >= 11 is 0. The fraction of sp³-hybridized carbons (Fsp3) is 0.875. The molecule has 1 aliphatic rings. The number of ether oxygens (including phenoxy) is 1. The predicted octanol–water partition coefficient (Wildman–Crippen LogP) is -0.593. The molecule has 1 heterocycles. The van der Waals surface area contributed by atoms with Gasteiger partial charge in [0, 0.05) is 20.1 Å². The molecule has 1 atom stereocenters. The number of morpholine rings is 1. The molecule has 1 unspecified atom stereocenters. The lowest BCUT2D eigenvalue weighted by atomic mass is 10.4. The van der Waals surface area contributed by atoms with E-state index in [1.54, 1.807) is 6.92 Å². The van der Waals surface area contributed by atoms with Gasteiger partial charge in [-0.15, -0.1) is 0 Å². The molecule has 0 radical (unpaired) electrons. The van der Waals surface area contributed by atoms with Crippen molar-refractivity contribution in [2.45, 2.75) is 13.0 Å². The van der Waals surface area contributed by atoms with Crippen molar-refractivity contribution in [3.8, 4) is 6.07 Å². The Morgan fingerprint density at radius 2 is 2.00 bits per heavy atom. The maximum Gasteiger partial charge on any atom is 0.283 e. The maximum atomic E-state index is 11.9. The van der Waals surface area contributed by atoms with Gasteiger partial charge in [-0.25, -0.2) is 0 Å². The van der Waals surface area contributed by atoms with E-state index in [0.717, 1.165) is 4.31 Å². The maximum absolute atomic E-state index is 11.9. The predicted molar refractivity (Wildman–Crippen MR) is 54.1 cm³/mol. The molecule has 0 aromatic rings. The van der Waals surface area contributed by atoms with Gasteiger partial charge in [0.25, 0.3) is 10.2 Å². The van der Waals surface area contributed by atoms with Gasteiger partial charge in [0.2, 0.25) is 0 Å². The summed E-state index contributed by atoms with van der Waals surface area (Å²) in [5, 5.41) is 8.67. The van der Waals surface area contributed by atoms with Crippen LogP contribution in [0, 0.1) is 11.3 Å². The van der Waals surface area contributed by atoms with Crippen molar-refractivity contribution in [2.24, 2.45) is 0 Å². The quantitative estimate of drug-likeness (QED) is 0.653. The van der Waals surface area contributed by atoms with E-state index in [1.165, 1.54) is 11.4 Å². The molecule has 7 heteroatoms. The molecule has 0 saturated carbocycles. The van der Waals surface area contributed by atoms with Crippen molar-refractivity contribution in [1.82, 2.24) is 8.61 Å². The van der Waals surface area contributed by atoms with Crippen LogP contribution in [-0.4, -0.2) is 56.4 Å². The first-order valence-electron chi connectivity index (χ1n) is 4.70. The number of nitrogens with zero attached hydrogens (tertiary/aromatic N) is 3. The summed E-state index contributed by atoms with van der Waals surface area (Å²) in [5.74, 6) is 0. The largest absolute Gasteiger partial charge is 0.379 e. The average molecular weight is 233 g/mol. The molecular formula is C8H15N3O3S. The Morgan fingerprint density at radius 3 is 2.47 bits per heavy atom. The zero-order chi connectivity index (χ0) is 11.5. The summed E-state index contributed by atoms with van der Waals surface area (Å²) in [6.45, 7) is 3.08. The van der Waals surface area contributed by atoms with Gasteiger partial charge in [-0.2, -0.15) is 22.3 Å². The van der Waals surface area contributed by atoms with E-state index in [1.807, 2.05) is 6.07 Å². The molecule has 1 saturated heterocycles. The second-order valence-corrected chi connectivity index (χ2v) is 5.33. The van der Waals surface area contributed by atoms with Crippen LogP contribution in [0.3, 0.4) is 0 Å². The first-order chi connectivity index (χ1) is 7.00. The third-order valence-electron chi connectivity index (χ3n) is 2.39. The second-order valence-electron chi connectivity index (χ2n) is 3.34. The van der Waals surface area contributed by atoms with E-state index in [2.05, 4.69) is 0 Å². The van der Waals surface area contributed by atoms with E-state index in [0.29, 0.717) is 26.3 Å². The Kier molecular flexibility index (Phi) is 4.04. The lowest BCUT2D eigenvalue weighted by molar-refractivity contribution is 0.0703. The normalized spacial score (nSPS) is 21.2. The van der Waals surface area contributed by atoms with Gasteiger partial charge in [0.05, 0.1) is 19.3 Å². The molecule has 1 aliphatic heterocycles. The summed E-state index contributed by atoms with van der Waals surface area (Å²) in [6, 6.07) is 1.24. The van der Waals surface area contributed by atoms with Crippen LogP contribution in [0.4, 0.5) is 0 Å². The van der Waals surface area contributed by atoms with Crippen LogP contribution < -0.4 is 0 Å². The van der Waals surface area contributed by atoms with Gasteiger partial charge in [-0.1, -0.05) is 0 Å². The third-order valence-corrected chi connectivity index (χ3v) is 4.45. The minimum Gasteiger partial charge on any atom is -0.379 e. The summed E-state index contributed by atoms with van der Waals surface area (Å²) < 4.78 is 31.4. The molecule has 0 amide bonds. The van der Waals surface area contributed by atoms with E-state index < -0.39 is 16.3 Å². The van der Waals surface area contributed by atoms with E-state index in [4.69, 9.17) is 10.00 Å². The SMILES string of the molecule is CC(C#N)N(C)S(=O)(=O)N1CCOCC1. The number of rotatable bonds is 3. The molecule has 0 bridgehead atoms. The third kappa shape index (κ3) is 2.66. The van der Waals surface area contributed by atoms with Gasteiger partial charge in [-0.3, -0.25) is 0 Å². The number of hydrogen-bond donors (Lipinski definition) is 0. The Hall–Kier alpha value is -0.680. The molecule has 86 valence electrons. The van der Waals surface area contributed by atoms with Crippen LogP contribution >= 0.6 is 0 Å². The van der Waals surface area contributed by atoms with Crippen molar-refractivity contribution < 1.29 is 13.2 Å². The summed E-state index contributed by atoms with van der Waals surface area (Å²) in [6.07, 6.45) is 0. The zero-order valence-corrected chi connectivity index (χ0v) is 9.70. The van der Waals surface area contributed by atoms with Crippen LogP contribution in [-0.2, 0) is 14.9 Å². The second kappa shape index (κ2) is 4.90. The number of nitriles is 1. The monoisotopic (exact) mass is 233 g/mol. The summed E-state index contributed by atoms with van der Waals surface area (Å²) in [4.78, 5) is 0. The highest BCUT2D eigenvalue weighted by Gasteiger charge is 2.31. The standard InChI is InChI=1S/C8H15N3O3S/c1-8(7-9)10(2)15(12,13)11-3-5-14-6-4-11/h8H,3-6H2,1-2H3. The van der Waals surface area contributed by atoms with Crippen molar-refractivity contribution >= 4 is 10.2 Å². The van der Waals surface area contributed by atoms with Crippen molar-refractivity contribution in [2.75, 3.05) is 33.4 Å². The molecule has 1 rings (SSSR count). The highest BCUT2D eigenvalue weighted by molar-refractivity contribution is 7.86. The lowest BCUT2D eigenvalue weighted by Crippen LogP contribution is -2.49. The van der Waals surface area contributed by atoms with Gasteiger partial charge in [0.1, 0.15) is 6.04 Å². The van der Waals surface area contributed by atoms with Crippen LogP contribution in [0.2, 0.25) is 0 Å². The minimum absolute atomic E-state index is 0.352. The molecule has 6 nitrogen and oxygen atoms in total. The summed E-state index contributed by atoms with van der Waals surface area (Å²) in [5.41, 5.74) is 0. The highest BCUT2D eigenvalue weighted by atomic mass is 32.2. The number of hydrogen-bond acceptors (Lipinski definition) is 4. The first kappa shape index (κ1) is 12.4. The van der Waals surface area contributed by atoms with Gasteiger partial charge < -0.3 is 4.74 Å². The highest BCUT2D eigenvalue weighted by Crippen LogP contribution is 2.11. The van der Waals surface area contributed by atoms with Crippen LogP contribution in [0.25, 0.3) is 0 Å². The van der Waals surface area contributed by atoms with Crippen LogP contribution in [0.1, 0.15) is 6.92 Å². The molecule has 0 aromatic carbocycles. The fourth-order valence-electron chi connectivity index (χ4n) is 1.24. The van der Waals surface area contributed by atoms with Gasteiger partial charge in [0.15, 0.2) is 0 Å². The molecule has 0 aromatic heterocycles. The molecule has 15 heavy (non-hydrogen) atoms. The van der Waals surface area contributed by atoms with Gasteiger partial charge in [-0.05, 0) is 6.92 Å². The van der Waals surface area contributed by atoms with Crippen molar-refractivity contribution in [3.63, 3.8) is 0 Å². The molecular weight excluding hydrogens is 218 g/mol. The Morgan fingerprint density at radius 1 is 1.47 bits per heavy atom. The van der Waals surface area contributed by atoms with Gasteiger partial charge >= 0.3 is 0 Å². The van der Waals surface area contributed by atoms with E-state index in [-0.39, 0.29) is 0 Å². The zero-order valence-electron chi connectivity index (χ0n) is 8.88. The van der Waals surface area contributed by atoms with E-state index >= 15 is 0 Å². The average Bonchev–Trinajstić information content (AvgIpc) is 2.28. The summed E-state index contributed by atoms with van der Waals surface area (Å²) in [7, 11) is -2.09. The minimum atomic E-state index is -3.51. The lowest BCUT2D eigenvalue weighted by Gasteiger charge is -2.30. The Labute approximate surface area is 90.2 Å². The van der Waals surface area contributed by atoms with Crippen LogP contribution in [0.5, 0.6) is 0 Å². The van der Waals surface area contributed by atoms with Crippen molar-refractivity contribution in [3.05, 3.63) is 0 Å². The fourth-order valence-corrected chi connectivity index (χ4v) is 2.66.